The molecular formula is C13H27O2. The second-order valence-corrected chi connectivity index (χ2v) is 4.12. The Morgan fingerprint density at radius 1 is 0.733 bits per heavy atom. The van der Waals surface area contributed by atoms with Crippen molar-refractivity contribution in [2.75, 3.05) is 6.61 Å². The lowest BCUT2D eigenvalue weighted by Gasteiger charge is -2.02. The quantitative estimate of drug-likeness (QED) is 0.268. The summed E-state index contributed by atoms with van der Waals surface area (Å²) in [4.78, 5) is 8.97. The van der Waals surface area contributed by atoms with Crippen molar-refractivity contribution >= 4 is 0 Å². The van der Waals surface area contributed by atoms with E-state index in [1.807, 2.05) is 0 Å². The zero-order valence-electron chi connectivity index (χ0n) is 10.3. The van der Waals surface area contributed by atoms with Gasteiger partial charge in [-0.1, -0.05) is 64.7 Å². The van der Waals surface area contributed by atoms with Crippen molar-refractivity contribution in [3.63, 3.8) is 0 Å². The van der Waals surface area contributed by atoms with E-state index in [0.717, 1.165) is 6.42 Å². The highest BCUT2D eigenvalue weighted by atomic mass is 17.2. The normalized spacial score (nSPS) is 10.8. The second kappa shape index (κ2) is 13.9. The van der Waals surface area contributed by atoms with Gasteiger partial charge >= 0.3 is 0 Å². The van der Waals surface area contributed by atoms with Crippen molar-refractivity contribution in [1.29, 1.82) is 0 Å². The van der Waals surface area contributed by atoms with Crippen molar-refractivity contribution in [1.82, 2.24) is 0 Å². The van der Waals surface area contributed by atoms with Crippen molar-refractivity contribution in [2.24, 2.45) is 0 Å². The first-order valence-electron chi connectivity index (χ1n) is 6.45. The lowest BCUT2D eigenvalue weighted by Crippen LogP contribution is -1.91. The summed E-state index contributed by atoms with van der Waals surface area (Å²) >= 11 is 0. The van der Waals surface area contributed by atoms with Crippen LogP contribution in [0.25, 0.3) is 0 Å². The van der Waals surface area contributed by atoms with Crippen molar-refractivity contribution < 1.29 is 9.78 Å². The number of hydrogen-bond donors (Lipinski definition) is 0. The summed E-state index contributed by atoms with van der Waals surface area (Å²) in [5.41, 5.74) is 0. The predicted molar refractivity (Wildman–Crippen MR) is 64.2 cm³/mol. The Morgan fingerprint density at radius 3 is 1.67 bits per heavy atom. The van der Waals surface area contributed by atoms with E-state index in [0.29, 0.717) is 6.61 Å². The van der Waals surface area contributed by atoms with Crippen molar-refractivity contribution in [2.45, 2.75) is 71.1 Å². The molecule has 0 unspecified atom stereocenters. The van der Waals surface area contributed by atoms with Gasteiger partial charge in [-0.05, 0) is 6.42 Å². The lowest BCUT2D eigenvalue weighted by atomic mass is 10.1. The summed E-state index contributed by atoms with van der Waals surface area (Å²) in [7, 11) is 3.15. The molecule has 0 saturated heterocycles. The van der Waals surface area contributed by atoms with Gasteiger partial charge < -0.3 is 0 Å². The van der Waals surface area contributed by atoms with Gasteiger partial charge in [0.25, 0.3) is 0 Å². The van der Waals surface area contributed by atoms with E-state index >= 15 is 0 Å². The summed E-state index contributed by atoms with van der Waals surface area (Å²) in [6, 6.07) is 0. The molecule has 0 aliphatic rings. The third-order valence-corrected chi connectivity index (χ3v) is 2.66. The third kappa shape index (κ3) is 13.9. The summed E-state index contributed by atoms with van der Waals surface area (Å²) in [6.07, 6.45) is 13.4. The lowest BCUT2D eigenvalue weighted by molar-refractivity contribution is -0.253. The molecule has 0 N–H and O–H groups in total. The number of hydrogen-bond acceptors (Lipinski definition) is 2. The van der Waals surface area contributed by atoms with Crippen LogP contribution in [0.3, 0.4) is 0 Å². The van der Waals surface area contributed by atoms with Crippen LogP contribution in [0.5, 0.6) is 0 Å². The molecule has 0 rings (SSSR count). The molecule has 0 aromatic rings. The fourth-order valence-electron chi connectivity index (χ4n) is 1.71. The molecular weight excluding hydrogens is 188 g/mol. The highest BCUT2D eigenvalue weighted by molar-refractivity contribution is 4.46. The van der Waals surface area contributed by atoms with E-state index in [9.17, 15) is 0 Å². The van der Waals surface area contributed by atoms with Gasteiger partial charge in [0.15, 0.2) is 0 Å². The molecule has 2 nitrogen and oxygen atoms in total. The van der Waals surface area contributed by atoms with Crippen LogP contribution in [-0.2, 0) is 9.78 Å². The van der Waals surface area contributed by atoms with Crippen molar-refractivity contribution in [3.05, 3.63) is 7.11 Å². The molecule has 0 amide bonds. The molecule has 2 heteroatoms. The zero-order valence-corrected chi connectivity index (χ0v) is 10.3. The maximum atomic E-state index is 4.69. The highest BCUT2D eigenvalue weighted by Gasteiger charge is 1.92. The molecule has 0 aliphatic heterocycles. The Kier molecular flexibility index (Phi) is 13.8. The van der Waals surface area contributed by atoms with E-state index in [1.165, 1.54) is 57.8 Å². The minimum absolute atomic E-state index is 0.681. The summed E-state index contributed by atoms with van der Waals surface area (Å²) in [5.74, 6) is 0. The van der Waals surface area contributed by atoms with E-state index in [1.54, 1.807) is 0 Å². The Morgan fingerprint density at radius 2 is 1.20 bits per heavy atom. The maximum Gasteiger partial charge on any atom is 0.109 e. The average Bonchev–Trinajstić information content (AvgIpc) is 2.26. The van der Waals surface area contributed by atoms with E-state index in [2.05, 4.69) is 18.9 Å². The first-order chi connectivity index (χ1) is 7.41. The van der Waals surface area contributed by atoms with Crippen LogP contribution in [0.4, 0.5) is 0 Å². The molecule has 15 heavy (non-hydrogen) atoms. The summed E-state index contributed by atoms with van der Waals surface area (Å²) in [6.45, 7) is 2.94. The van der Waals surface area contributed by atoms with Crippen LogP contribution < -0.4 is 0 Å². The van der Waals surface area contributed by atoms with Crippen LogP contribution >= 0.6 is 0 Å². The van der Waals surface area contributed by atoms with E-state index < -0.39 is 0 Å². The van der Waals surface area contributed by atoms with Gasteiger partial charge in [0, 0.05) is 0 Å². The smallest absolute Gasteiger partial charge is 0.109 e. The Hall–Kier alpha value is -0.0800. The van der Waals surface area contributed by atoms with E-state index in [-0.39, 0.29) is 0 Å². The minimum atomic E-state index is 0.681. The Bertz CT molecular complexity index is 92.7. The first kappa shape index (κ1) is 14.9. The molecule has 0 aromatic heterocycles. The first-order valence-corrected chi connectivity index (χ1v) is 6.45. The molecule has 1 radical (unpaired) electrons. The van der Waals surface area contributed by atoms with Gasteiger partial charge in [0.2, 0.25) is 0 Å². The molecule has 0 aliphatic carbocycles. The van der Waals surface area contributed by atoms with Crippen LogP contribution in [-0.4, -0.2) is 6.61 Å². The molecule has 0 saturated carbocycles. The minimum Gasteiger partial charge on any atom is -0.237 e. The van der Waals surface area contributed by atoms with Crippen LogP contribution in [0.2, 0.25) is 0 Å². The van der Waals surface area contributed by atoms with Gasteiger partial charge in [-0.2, -0.15) is 0 Å². The van der Waals surface area contributed by atoms with Gasteiger partial charge in [0.05, 0.1) is 6.61 Å². The SMILES string of the molecule is [CH2]OOCCCCCCCCCCCC. The molecule has 0 bridgehead atoms. The van der Waals surface area contributed by atoms with Gasteiger partial charge in [0.1, 0.15) is 7.11 Å². The van der Waals surface area contributed by atoms with Gasteiger partial charge in [-0.3, -0.25) is 0 Å². The van der Waals surface area contributed by atoms with Crippen LogP contribution in [0.15, 0.2) is 0 Å². The molecule has 0 heterocycles. The molecule has 0 fully saturated rings. The predicted octanol–water partition coefficient (Wildman–Crippen LogP) is 4.65. The monoisotopic (exact) mass is 215 g/mol. The number of rotatable bonds is 12. The fourth-order valence-corrected chi connectivity index (χ4v) is 1.71. The molecule has 0 aromatic carbocycles. The Balaban J connectivity index is 2.81. The van der Waals surface area contributed by atoms with Crippen molar-refractivity contribution in [3.8, 4) is 0 Å². The van der Waals surface area contributed by atoms with Crippen LogP contribution in [0.1, 0.15) is 71.1 Å². The van der Waals surface area contributed by atoms with Crippen LogP contribution in [0, 0.1) is 7.11 Å². The topological polar surface area (TPSA) is 18.5 Å². The average molecular weight is 215 g/mol. The zero-order chi connectivity index (χ0) is 11.2. The third-order valence-electron chi connectivity index (χ3n) is 2.66. The maximum absolute atomic E-state index is 4.69. The molecule has 0 atom stereocenters. The highest BCUT2D eigenvalue weighted by Crippen LogP contribution is 2.10. The van der Waals surface area contributed by atoms with E-state index in [4.69, 9.17) is 4.89 Å². The second-order valence-electron chi connectivity index (χ2n) is 4.12. The molecule has 0 spiro atoms. The fraction of sp³-hybridized carbons (Fsp3) is 0.923. The summed E-state index contributed by atoms with van der Waals surface area (Å²) in [5, 5.41) is 0. The van der Waals surface area contributed by atoms with Gasteiger partial charge in [-0.25, -0.2) is 9.78 Å². The Labute approximate surface area is 95.3 Å². The molecule has 91 valence electrons. The van der Waals surface area contributed by atoms with Gasteiger partial charge in [-0.15, -0.1) is 0 Å². The summed E-state index contributed by atoms with van der Waals surface area (Å²) < 4.78 is 0. The largest absolute Gasteiger partial charge is 0.237 e. The number of unbranched alkanes of at least 4 members (excludes halogenated alkanes) is 9. The standard InChI is InChI=1S/C13H27O2/c1-3-4-5-6-7-8-9-10-11-12-13-15-14-2/h2-13H2,1H3.